The zero-order valence-corrected chi connectivity index (χ0v) is 11.9. The molecule has 0 bridgehead atoms. The summed E-state index contributed by atoms with van der Waals surface area (Å²) in [7, 11) is 1.55. The van der Waals surface area contributed by atoms with Crippen molar-refractivity contribution in [2.75, 3.05) is 26.7 Å². The Morgan fingerprint density at radius 3 is 2.76 bits per heavy atom. The molecule has 1 heterocycles. The van der Waals surface area contributed by atoms with Gasteiger partial charge < -0.3 is 20.5 Å². The van der Waals surface area contributed by atoms with Gasteiger partial charge in [0.2, 0.25) is 0 Å². The molecule has 1 aromatic rings. The van der Waals surface area contributed by atoms with Gasteiger partial charge in [0.25, 0.3) is 0 Å². The van der Waals surface area contributed by atoms with Gasteiger partial charge in [0, 0.05) is 25.7 Å². The fraction of sp³-hybridized carbons (Fsp3) is 0.455. The van der Waals surface area contributed by atoms with Crippen LogP contribution in [0.3, 0.4) is 0 Å². The first-order chi connectivity index (χ1) is 7.72. The van der Waals surface area contributed by atoms with Gasteiger partial charge in [-0.2, -0.15) is 0 Å². The van der Waals surface area contributed by atoms with Gasteiger partial charge in [0.15, 0.2) is 11.5 Å². The summed E-state index contributed by atoms with van der Waals surface area (Å²) in [5, 5.41) is 16.4. The molecular formula is C11H16BrClN2O2. The number of hydrogen-bond donors (Lipinski definition) is 3. The van der Waals surface area contributed by atoms with E-state index in [0.29, 0.717) is 10.2 Å². The molecule has 6 heteroatoms. The Morgan fingerprint density at radius 1 is 1.41 bits per heavy atom. The quantitative estimate of drug-likeness (QED) is 0.777. The highest BCUT2D eigenvalue weighted by molar-refractivity contribution is 9.10. The van der Waals surface area contributed by atoms with Crippen LogP contribution in [0.2, 0.25) is 0 Å². The number of piperazine rings is 1. The molecule has 2 rings (SSSR count). The molecule has 1 aliphatic heterocycles. The van der Waals surface area contributed by atoms with Crippen molar-refractivity contribution in [3.8, 4) is 11.5 Å². The van der Waals surface area contributed by atoms with E-state index in [1.807, 2.05) is 12.1 Å². The van der Waals surface area contributed by atoms with Crippen LogP contribution in [-0.2, 0) is 0 Å². The van der Waals surface area contributed by atoms with Crippen LogP contribution in [0.5, 0.6) is 11.5 Å². The van der Waals surface area contributed by atoms with Crippen LogP contribution < -0.4 is 15.4 Å². The summed E-state index contributed by atoms with van der Waals surface area (Å²) in [5.41, 5.74) is 1.11. The fourth-order valence-corrected chi connectivity index (χ4v) is 2.30. The first-order valence-corrected chi connectivity index (χ1v) is 6.02. The third-order valence-electron chi connectivity index (χ3n) is 2.71. The third kappa shape index (κ3) is 3.25. The maximum absolute atomic E-state index is 9.71. The summed E-state index contributed by atoms with van der Waals surface area (Å²) in [5.74, 6) is 0.645. The zero-order chi connectivity index (χ0) is 11.5. The second-order valence-electron chi connectivity index (χ2n) is 3.76. The molecule has 0 unspecified atom stereocenters. The molecule has 1 aliphatic rings. The second-order valence-corrected chi connectivity index (χ2v) is 4.62. The van der Waals surface area contributed by atoms with Crippen LogP contribution in [0.15, 0.2) is 16.6 Å². The van der Waals surface area contributed by atoms with Crippen molar-refractivity contribution in [2.45, 2.75) is 6.04 Å². The Balaban J connectivity index is 0.00000144. The smallest absolute Gasteiger partial charge is 0.172 e. The minimum absolute atomic E-state index is 0. The fourth-order valence-electron chi connectivity index (χ4n) is 1.84. The number of nitrogens with one attached hydrogen (secondary N) is 2. The van der Waals surface area contributed by atoms with E-state index in [1.165, 1.54) is 0 Å². The highest BCUT2D eigenvalue weighted by Gasteiger charge is 2.17. The van der Waals surface area contributed by atoms with Gasteiger partial charge in [0.1, 0.15) is 0 Å². The molecule has 3 N–H and O–H groups in total. The predicted octanol–water partition coefficient (Wildman–Crippen LogP) is 1.82. The van der Waals surface area contributed by atoms with E-state index in [2.05, 4.69) is 26.6 Å². The lowest BCUT2D eigenvalue weighted by molar-refractivity contribution is 0.368. The molecule has 0 aromatic heterocycles. The van der Waals surface area contributed by atoms with Crippen LogP contribution in [0, 0.1) is 0 Å². The highest BCUT2D eigenvalue weighted by atomic mass is 79.9. The van der Waals surface area contributed by atoms with Crippen molar-refractivity contribution in [3.05, 3.63) is 22.2 Å². The normalized spacial score (nSPS) is 19.5. The molecule has 0 spiro atoms. The second kappa shape index (κ2) is 6.44. The van der Waals surface area contributed by atoms with Crippen molar-refractivity contribution < 1.29 is 9.84 Å². The lowest BCUT2D eigenvalue weighted by Gasteiger charge is -2.25. The van der Waals surface area contributed by atoms with Gasteiger partial charge in [-0.05, 0) is 33.6 Å². The Morgan fingerprint density at radius 2 is 2.18 bits per heavy atom. The van der Waals surface area contributed by atoms with Gasteiger partial charge in [-0.1, -0.05) is 0 Å². The summed E-state index contributed by atoms with van der Waals surface area (Å²) < 4.78 is 5.79. The standard InChI is InChI=1S/C11H15BrN2O2.ClH/c1-16-10-5-7(4-8(12)11(10)15)9-6-13-2-3-14-9;/h4-5,9,13-15H,2-3,6H2,1H3;1H/t9-;/m1./s1. The molecule has 1 atom stereocenters. The number of phenolic OH excluding ortho intramolecular Hbond substituents is 1. The topological polar surface area (TPSA) is 53.5 Å². The number of hydrogen-bond acceptors (Lipinski definition) is 4. The van der Waals surface area contributed by atoms with Crippen molar-refractivity contribution in [3.63, 3.8) is 0 Å². The van der Waals surface area contributed by atoms with Gasteiger partial charge in [-0.3, -0.25) is 0 Å². The molecule has 17 heavy (non-hydrogen) atoms. The number of benzene rings is 1. The summed E-state index contributed by atoms with van der Waals surface area (Å²) in [6.07, 6.45) is 0. The number of phenols is 1. The van der Waals surface area contributed by atoms with E-state index >= 15 is 0 Å². The van der Waals surface area contributed by atoms with Crippen LogP contribution in [0.4, 0.5) is 0 Å². The summed E-state index contributed by atoms with van der Waals surface area (Å²) in [6, 6.07) is 4.05. The molecule has 1 aromatic carbocycles. The highest BCUT2D eigenvalue weighted by Crippen LogP contribution is 2.36. The van der Waals surface area contributed by atoms with Crippen LogP contribution in [-0.4, -0.2) is 31.9 Å². The summed E-state index contributed by atoms with van der Waals surface area (Å²) in [4.78, 5) is 0. The van der Waals surface area contributed by atoms with Gasteiger partial charge >= 0.3 is 0 Å². The van der Waals surface area contributed by atoms with Crippen molar-refractivity contribution in [2.24, 2.45) is 0 Å². The number of rotatable bonds is 2. The van der Waals surface area contributed by atoms with Crippen molar-refractivity contribution >= 4 is 28.3 Å². The summed E-state index contributed by atoms with van der Waals surface area (Å²) >= 11 is 3.33. The van der Waals surface area contributed by atoms with Gasteiger partial charge in [-0.25, -0.2) is 0 Å². The SMILES string of the molecule is COc1cc([C@H]2CNCCN2)cc(Br)c1O.Cl. The average molecular weight is 324 g/mol. The maximum Gasteiger partial charge on any atom is 0.172 e. The third-order valence-corrected chi connectivity index (χ3v) is 3.32. The molecule has 0 saturated carbocycles. The van der Waals surface area contributed by atoms with E-state index in [4.69, 9.17) is 4.74 Å². The average Bonchev–Trinajstić information content (AvgIpc) is 2.33. The largest absolute Gasteiger partial charge is 0.503 e. The number of aromatic hydroxyl groups is 1. The molecule has 0 aliphatic carbocycles. The van der Waals surface area contributed by atoms with E-state index in [1.54, 1.807) is 7.11 Å². The number of halogens is 2. The molecular weight excluding hydrogens is 307 g/mol. The lowest BCUT2D eigenvalue weighted by Crippen LogP contribution is -2.42. The van der Waals surface area contributed by atoms with Crippen LogP contribution >= 0.6 is 28.3 Å². The molecule has 1 fully saturated rings. The van der Waals surface area contributed by atoms with Gasteiger partial charge in [-0.15, -0.1) is 12.4 Å². The van der Waals surface area contributed by atoms with E-state index in [9.17, 15) is 5.11 Å². The van der Waals surface area contributed by atoms with Crippen molar-refractivity contribution in [1.29, 1.82) is 0 Å². The molecule has 0 amide bonds. The Hall–Kier alpha value is -0.490. The first-order valence-electron chi connectivity index (χ1n) is 5.23. The Labute approximate surface area is 115 Å². The van der Waals surface area contributed by atoms with Crippen LogP contribution in [0.1, 0.15) is 11.6 Å². The van der Waals surface area contributed by atoms with E-state index < -0.39 is 0 Å². The summed E-state index contributed by atoms with van der Waals surface area (Å²) in [6.45, 7) is 2.83. The minimum Gasteiger partial charge on any atom is -0.503 e. The van der Waals surface area contributed by atoms with Gasteiger partial charge in [0.05, 0.1) is 11.6 Å². The molecule has 1 saturated heterocycles. The van der Waals surface area contributed by atoms with E-state index in [-0.39, 0.29) is 24.2 Å². The number of methoxy groups -OCH3 is 1. The Kier molecular flexibility index (Phi) is 5.52. The lowest BCUT2D eigenvalue weighted by atomic mass is 10.0. The van der Waals surface area contributed by atoms with Crippen molar-refractivity contribution in [1.82, 2.24) is 10.6 Å². The zero-order valence-electron chi connectivity index (χ0n) is 9.50. The minimum atomic E-state index is 0. The molecule has 4 nitrogen and oxygen atoms in total. The first kappa shape index (κ1) is 14.6. The van der Waals surface area contributed by atoms with E-state index in [0.717, 1.165) is 25.2 Å². The maximum atomic E-state index is 9.71. The monoisotopic (exact) mass is 322 g/mol. The van der Waals surface area contributed by atoms with Crippen LogP contribution in [0.25, 0.3) is 0 Å². The molecule has 0 radical (unpaired) electrons. The Bertz CT molecular complexity index is 384. The molecule has 96 valence electrons. The number of ether oxygens (including phenoxy) is 1. The predicted molar refractivity (Wildman–Crippen MR) is 73.2 cm³/mol.